The van der Waals surface area contributed by atoms with Gasteiger partial charge in [0, 0.05) is 36.3 Å². The number of aromatic nitrogens is 5. The lowest BCUT2D eigenvalue weighted by atomic mass is 9.99. The zero-order chi connectivity index (χ0) is 22.1. The first kappa shape index (κ1) is 20.5. The zero-order valence-corrected chi connectivity index (χ0v) is 18.9. The molecule has 0 radical (unpaired) electrons. The molecule has 7 nitrogen and oxygen atoms in total. The van der Waals surface area contributed by atoms with Crippen LogP contribution in [0.25, 0.3) is 11.3 Å². The van der Waals surface area contributed by atoms with Crippen LogP contribution in [0.1, 0.15) is 44.3 Å². The average Bonchev–Trinajstić information content (AvgIpc) is 3.49. The normalized spacial score (nSPS) is 12.7. The highest BCUT2D eigenvalue weighted by Crippen LogP contribution is 2.29. The second-order valence-electron chi connectivity index (χ2n) is 8.10. The second kappa shape index (κ2) is 8.63. The maximum Gasteiger partial charge on any atom is 0.227 e. The summed E-state index contributed by atoms with van der Waals surface area (Å²) in [5, 5.41) is 8.00. The highest BCUT2D eigenvalue weighted by Gasteiger charge is 2.20. The Kier molecular flexibility index (Phi) is 5.53. The van der Waals surface area contributed by atoms with Gasteiger partial charge >= 0.3 is 0 Å². The van der Waals surface area contributed by atoms with E-state index in [1.807, 2.05) is 19.3 Å². The number of hydrogen-bond acceptors (Lipinski definition) is 7. The number of rotatable bonds is 7. The van der Waals surface area contributed by atoms with Crippen molar-refractivity contribution >= 4 is 28.8 Å². The molecule has 8 heteroatoms. The van der Waals surface area contributed by atoms with Crippen molar-refractivity contribution in [2.45, 2.75) is 39.0 Å². The first-order chi connectivity index (χ1) is 15.5. The van der Waals surface area contributed by atoms with Crippen molar-refractivity contribution in [2.24, 2.45) is 7.05 Å². The highest BCUT2D eigenvalue weighted by molar-refractivity contribution is 7.13. The van der Waals surface area contributed by atoms with Gasteiger partial charge in [0.2, 0.25) is 5.95 Å². The molecule has 3 aromatic heterocycles. The molecule has 0 aliphatic heterocycles. The number of thiazole rings is 1. The second-order valence-corrected chi connectivity index (χ2v) is 9.18. The van der Waals surface area contributed by atoms with E-state index in [0.717, 1.165) is 41.0 Å². The van der Waals surface area contributed by atoms with Crippen molar-refractivity contribution in [3.8, 4) is 11.3 Å². The number of Topliss-reactive ketones (excluding diaryl/α,β-unsaturated/α-hetero) is 1. The fourth-order valence-electron chi connectivity index (χ4n) is 4.00. The fraction of sp³-hybridized carbons (Fsp3) is 0.292. The summed E-state index contributed by atoms with van der Waals surface area (Å²) in [7, 11) is 1.86. The van der Waals surface area contributed by atoms with Crippen LogP contribution < -0.4 is 5.32 Å². The zero-order valence-electron chi connectivity index (χ0n) is 18.1. The van der Waals surface area contributed by atoms with E-state index < -0.39 is 0 Å². The number of ketones is 1. The van der Waals surface area contributed by atoms with Gasteiger partial charge in [0.05, 0.1) is 23.3 Å². The van der Waals surface area contributed by atoms with Gasteiger partial charge in [-0.15, -0.1) is 11.3 Å². The van der Waals surface area contributed by atoms with Crippen molar-refractivity contribution in [3.63, 3.8) is 0 Å². The number of hydrogen-bond donors (Lipinski definition) is 1. The number of aryl methyl sites for hydroxylation is 5. The first-order valence-electron chi connectivity index (χ1n) is 10.8. The minimum Gasteiger partial charge on any atom is -0.321 e. The first-order valence-corrected chi connectivity index (χ1v) is 11.6. The van der Waals surface area contributed by atoms with Crippen LogP contribution in [-0.4, -0.2) is 30.5 Å². The smallest absolute Gasteiger partial charge is 0.227 e. The van der Waals surface area contributed by atoms with Gasteiger partial charge in [0.1, 0.15) is 0 Å². The molecule has 4 aromatic rings. The highest BCUT2D eigenvalue weighted by atomic mass is 32.1. The average molecular weight is 445 g/mol. The molecular weight excluding hydrogens is 420 g/mol. The molecule has 0 amide bonds. The van der Waals surface area contributed by atoms with Crippen molar-refractivity contribution in [2.75, 3.05) is 5.32 Å². The van der Waals surface area contributed by atoms with Crippen LogP contribution in [0.5, 0.6) is 0 Å². The minimum atomic E-state index is 0.148. The molecule has 1 aliphatic carbocycles. The lowest BCUT2D eigenvalue weighted by Gasteiger charge is -2.09. The number of carbonyl (C=O) groups excluding carboxylic acids is 1. The van der Waals surface area contributed by atoms with E-state index in [-0.39, 0.29) is 5.78 Å². The monoisotopic (exact) mass is 444 g/mol. The summed E-state index contributed by atoms with van der Waals surface area (Å²) in [4.78, 5) is 27.4. The molecule has 32 heavy (non-hydrogen) atoms. The topological polar surface area (TPSA) is 85.6 Å². The third-order valence-corrected chi connectivity index (χ3v) is 6.91. The molecule has 0 spiro atoms. The molecule has 1 aliphatic rings. The Bertz CT molecular complexity index is 1270. The molecule has 1 aromatic carbocycles. The third-order valence-electron chi connectivity index (χ3n) is 5.71. The van der Waals surface area contributed by atoms with Gasteiger partial charge in [-0.05, 0) is 55.9 Å². The molecule has 0 bridgehead atoms. The van der Waals surface area contributed by atoms with E-state index in [1.54, 1.807) is 28.4 Å². The molecule has 0 saturated carbocycles. The Morgan fingerprint density at radius 2 is 2.12 bits per heavy atom. The molecule has 1 N–H and O–H groups in total. The predicted octanol–water partition coefficient (Wildman–Crippen LogP) is 4.69. The Morgan fingerprint density at radius 1 is 1.22 bits per heavy atom. The lowest BCUT2D eigenvalue weighted by molar-refractivity contribution is 0.0982. The number of carbonyl (C=O) groups is 1. The quantitative estimate of drug-likeness (QED) is 0.416. The molecular formula is C24H24N6OS. The molecule has 0 unspecified atom stereocenters. The summed E-state index contributed by atoms with van der Waals surface area (Å²) in [5.74, 6) is 0.674. The van der Waals surface area contributed by atoms with Crippen LogP contribution in [0.15, 0.2) is 42.9 Å². The molecule has 3 heterocycles. The predicted molar refractivity (Wildman–Crippen MR) is 125 cm³/mol. The van der Waals surface area contributed by atoms with E-state index in [1.165, 1.54) is 16.9 Å². The van der Waals surface area contributed by atoms with Gasteiger partial charge in [-0.25, -0.2) is 15.0 Å². The van der Waals surface area contributed by atoms with Crippen LogP contribution in [0, 0.1) is 6.92 Å². The van der Waals surface area contributed by atoms with E-state index in [0.29, 0.717) is 23.8 Å². The summed E-state index contributed by atoms with van der Waals surface area (Å²) in [6.07, 6.45) is 9.80. The number of nitrogens with zero attached hydrogens (tertiary/aromatic N) is 5. The largest absolute Gasteiger partial charge is 0.321 e. The molecule has 0 fully saturated rings. The summed E-state index contributed by atoms with van der Waals surface area (Å²) < 4.78 is 1.72. The number of nitrogens with one attached hydrogen (secondary N) is 1. The van der Waals surface area contributed by atoms with E-state index >= 15 is 0 Å². The minimum absolute atomic E-state index is 0.148. The van der Waals surface area contributed by atoms with Gasteiger partial charge in [0.25, 0.3) is 0 Å². The number of anilines is 2. The fourth-order valence-corrected chi connectivity index (χ4v) is 5.11. The standard InChI is InChI=1S/C24H24N6OS/c1-15-12-17(19-10-11-25-24(29-19)27-18-13-26-30(2)14-18)7-6-16(15)8-9-21(31)23-28-20-4-3-5-22(20)32-23/h6-7,10-14H,3-5,8-9H2,1-2H3,(H,25,27,29). The summed E-state index contributed by atoms with van der Waals surface area (Å²) in [6, 6.07) is 8.17. The van der Waals surface area contributed by atoms with Gasteiger partial charge in [-0.2, -0.15) is 5.10 Å². The van der Waals surface area contributed by atoms with Crippen LogP contribution in [0.3, 0.4) is 0 Å². The van der Waals surface area contributed by atoms with Gasteiger partial charge < -0.3 is 5.32 Å². The molecule has 0 saturated heterocycles. The lowest BCUT2D eigenvalue weighted by Crippen LogP contribution is -2.02. The summed E-state index contributed by atoms with van der Waals surface area (Å²) in [6.45, 7) is 2.08. The summed E-state index contributed by atoms with van der Waals surface area (Å²) in [5.41, 5.74) is 6.17. The number of benzene rings is 1. The summed E-state index contributed by atoms with van der Waals surface area (Å²) >= 11 is 1.59. The van der Waals surface area contributed by atoms with Gasteiger partial charge in [-0.3, -0.25) is 9.48 Å². The van der Waals surface area contributed by atoms with Gasteiger partial charge in [-0.1, -0.05) is 12.1 Å². The van der Waals surface area contributed by atoms with E-state index in [4.69, 9.17) is 0 Å². The van der Waals surface area contributed by atoms with Crippen LogP contribution in [0.2, 0.25) is 0 Å². The van der Waals surface area contributed by atoms with Gasteiger partial charge in [0.15, 0.2) is 10.8 Å². The van der Waals surface area contributed by atoms with Crippen molar-refractivity contribution in [3.05, 3.63) is 69.6 Å². The Labute approximate surface area is 190 Å². The van der Waals surface area contributed by atoms with Crippen LogP contribution in [0.4, 0.5) is 11.6 Å². The number of fused-ring (bicyclic) bond motifs is 1. The molecule has 162 valence electrons. The SMILES string of the molecule is Cc1cc(-c2ccnc(Nc3cnn(C)c3)n2)ccc1CCC(=O)c1nc2c(s1)CCC2. The van der Waals surface area contributed by atoms with E-state index in [9.17, 15) is 4.79 Å². The maximum atomic E-state index is 12.6. The maximum absolute atomic E-state index is 12.6. The molecule has 5 rings (SSSR count). The third kappa shape index (κ3) is 4.31. The molecule has 0 atom stereocenters. The van der Waals surface area contributed by atoms with Crippen LogP contribution >= 0.6 is 11.3 Å². The Morgan fingerprint density at radius 3 is 2.91 bits per heavy atom. The van der Waals surface area contributed by atoms with Crippen molar-refractivity contribution in [1.29, 1.82) is 0 Å². The van der Waals surface area contributed by atoms with Crippen LogP contribution in [-0.2, 0) is 26.3 Å². The Hall–Kier alpha value is -3.39. The van der Waals surface area contributed by atoms with Crippen molar-refractivity contribution < 1.29 is 4.79 Å². The Balaban J connectivity index is 1.26. The van der Waals surface area contributed by atoms with Crippen molar-refractivity contribution in [1.82, 2.24) is 24.7 Å². The van der Waals surface area contributed by atoms with E-state index in [2.05, 4.69) is 50.5 Å².